The Morgan fingerprint density at radius 1 is 1.31 bits per heavy atom. The average molecular weight is 244 g/mol. The minimum absolute atomic E-state index is 0.00840. The van der Waals surface area contributed by atoms with Gasteiger partial charge in [-0.25, -0.2) is 0 Å². The van der Waals surface area contributed by atoms with Crippen LogP contribution in [0.4, 0.5) is 0 Å². The van der Waals surface area contributed by atoms with Crippen molar-refractivity contribution in [2.24, 2.45) is 5.92 Å². The second-order valence-electron chi connectivity index (χ2n) is 6.20. The quantitative estimate of drug-likeness (QED) is 0.521. The zero-order valence-electron chi connectivity index (χ0n) is 12.0. The summed E-state index contributed by atoms with van der Waals surface area (Å²) in [6.45, 7) is 15.3. The van der Waals surface area contributed by atoms with Crippen molar-refractivity contribution in [3.8, 4) is 0 Å². The first kappa shape index (κ1) is 15.8. The van der Waals surface area contributed by atoms with E-state index in [2.05, 4.69) is 40.8 Å². The van der Waals surface area contributed by atoms with E-state index in [0.717, 1.165) is 19.1 Å². The van der Waals surface area contributed by atoms with Crippen LogP contribution < -0.4 is 0 Å². The minimum Gasteiger partial charge on any atom is -0.413 e. The molecule has 3 heteroatoms. The van der Waals surface area contributed by atoms with Gasteiger partial charge in [0, 0.05) is 5.92 Å². The first-order chi connectivity index (χ1) is 7.15. The molecule has 0 saturated heterocycles. The van der Waals surface area contributed by atoms with Gasteiger partial charge in [-0.2, -0.15) is 0 Å². The third kappa shape index (κ3) is 4.38. The fourth-order valence-electron chi connectivity index (χ4n) is 1.36. The lowest BCUT2D eigenvalue weighted by atomic mass is 10.0. The predicted octanol–water partition coefficient (Wildman–Crippen LogP) is 4.01. The number of carbonyl (C=O) groups is 1. The number of rotatable bonds is 6. The Bertz CT molecular complexity index is 218. The molecular weight excluding hydrogens is 216 g/mol. The number of hydrogen-bond donors (Lipinski definition) is 0. The molecule has 0 amide bonds. The topological polar surface area (TPSA) is 26.3 Å². The van der Waals surface area contributed by atoms with E-state index in [4.69, 9.17) is 4.43 Å². The van der Waals surface area contributed by atoms with Crippen LogP contribution >= 0.6 is 0 Å². The standard InChI is InChI=1S/C13H28O2Si/c1-8-9-12(11(2)10-14)15-16(6,7)13(3,4)5/h10-12H,8-9H2,1-7H3. The average Bonchev–Trinajstić information content (AvgIpc) is 2.14. The number of hydrogen-bond acceptors (Lipinski definition) is 2. The molecular formula is C13H28O2Si. The molecule has 2 atom stereocenters. The van der Waals surface area contributed by atoms with Crippen LogP contribution in [0.2, 0.25) is 18.1 Å². The van der Waals surface area contributed by atoms with E-state index >= 15 is 0 Å². The Balaban J connectivity index is 4.68. The molecule has 0 spiro atoms. The molecule has 0 aliphatic heterocycles. The van der Waals surface area contributed by atoms with Crippen molar-refractivity contribution in [3.05, 3.63) is 0 Å². The second kappa shape index (κ2) is 5.96. The lowest BCUT2D eigenvalue weighted by Gasteiger charge is -2.40. The Kier molecular flexibility index (Phi) is 5.91. The Morgan fingerprint density at radius 2 is 1.81 bits per heavy atom. The van der Waals surface area contributed by atoms with Gasteiger partial charge in [0.25, 0.3) is 0 Å². The number of carbonyl (C=O) groups excluding carboxylic acids is 1. The van der Waals surface area contributed by atoms with Crippen LogP contribution in [0.3, 0.4) is 0 Å². The summed E-state index contributed by atoms with van der Waals surface area (Å²) in [5.41, 5.74) is 0. The second-order valence-corrected chi connectivity index (χ2v) is 11.0. The molecule has 0 fully saturated rings. The first-order valence-electron chi connectivity index (χ1n) is 6.28. The zero-order chi connectivity index (χ0) is 13.0. The van der Waals surface area contributed by atoms with E-state index < -0.39 is 8.32 Å². The van der Waals surface area contributed by atoms with E-state index in [-0.39, 0.29) is 17.1 Å². The van der Waals surface area contributed by atoms with Crippen molar-refractivity contribution < 1.29 is 9.22 Å². The smallest absolute Gasteiger partial charge is 0.192 e. The summed E-state index contributed by atoms with van der Waals surface area (Å²) < 4.78 is 6.30. The van der Waals surface area contributed by atoms with Gasteiger partial charge >= 0.3 is 0 Å². The lowest BCUT2D eigenvalue weighted by molar-refractivity contribution is -0.113. The molecule has 0 aromatic carbocycles. The van der Waals surface area contributed by atoms with Crippen LogP contribution in [0.5, 0.6) is 0 Å². The van der Waals surface area contributed by atoms with E-state index in [1.807, 2.05) is 6.92 Å². The highest BCUT2D eigenvalue weighted by Crippen LogP contribution is 2.38. The van der Waals surface area contributed by atoms with Crippen molar-refractivity contribution in [2.45, 2.75) is 71.7 Å². The molecule has 0 radical (unpaired) electrons. The summed E-state index contributed by atoms with van der Waals surface area (Å²) in [6.07, 6.45) is 3.17. The maximum absolute atomic E-state index is 10.9. The summed E-state index contributed by atoms with van der Waals surface area (Å²) in [7, 11) is -1.74. The van der Waals surface area contributed by atoms with E-state index in [9.17, 15) is 4.79 Å². The fraction of sp³-hybridized carbons (Fsp3) is 0.923. The maximum Gasteiger partial charge on any atom is 0.192 e. The molecule has 2 nitrogen and oxygen atoms in total. The Hall–Kier alpha value is -0.153. The van der Waals surface area contributed by atoms with Crippen LogP contribution in [0.25, 0.3) is 0 Å². The molecule has 16 heavy (non-hydrogen) atoms. The van der Waals surface area contributed by atoms with Gasteiger partial charge in [0.1, 0.15) is 6.29 Å². The van der Waals surface area contributed by atoms with Crippen LogP contribution in [-0.2, 0) is 9.22 Å². The van der Waals surface area contributed by atoms with Crippen LogP contribution in [-0.4, -0.2) is 20.7 Å². The summed E-state index contributed by atoms with van der Waals surface area (Å²) in [5, 5.41) is 0.210. The fourth-order valence-corrected chi connectivity index (χ4v) is 2.80. The normalized spacial score (nSPS) is 16.9. The third-order valence-electron chi connectivity index (χ3n) is 3.63. The summed E-state index contributed by atoms with van der Waals surface area (Å²) in [6, 6.07) is 0. The summed E-state index contributed by atoms with van der Waals surface area (Å²) >= 11 is 0. The minimum atomic E-state index is -1.74. The highest BCUT2D eigenvalue weighted by Gasteiger charge is 2.39. The molecule has 0 saturated carbocycles. The van der Waals surface area contributed by atoms with E-state index in [1.54, 1.807) is 0 Å². The molecule has 0 bridgehead atoms. The molecule has 96 valence electrons. The maximum atomic E-state index is 10.9. The van der Waals surface area contributed by atoms with Gasteiger partial charge in [-0.1, -0.05) is 41.0 Å². The monoisotopic (exact) mass is 244 g/mol. The van der Waals surface area contributed by atoms with Crippen molar-refractivity contribution in [2.75, 3.05) is 0 Å². The predicted molar refractivity (Wildman–Crippen MR) is 72.2 cm³/mol. The van der Waals surface area contributed by atoms with Crippen LogP contribution in [0.1, 0.15) is 47.5 Å². The first-order valence-corrected chi connectivity index (χ1v) is 9.19. The molecule has 0 heterocycles. The zero-order valence-corrected chi connectivity index (χ0v) is 13.0. The molecule has 0 rings (SSSR count). The Morgan fingerprint density at radius 3 is 2.12 bits per heavy atom. The van der Waals surface area contributed by atoms with Crippen molar-refractivity contribution in [1.29, 1.82) is 0 Å². The molecule has 0 aliphatic rings. The van der Waals surface area contributed by atoms with Gasteiger partial charge in [0.2, 0.25) is 0 Å². The van der Waals surface area contributed by atoms with Gasteiger partial charge in [-0.15, -0.1) is 0 Å². The van der Waals surface area contributed by atoms with Crippen molar-refractivity contribution in [1.82, 2.24) is 0 Å². The number of aldehydes is 1. The summed E-state index contributed by atoms with van der Waals surface area (Å²) in [5.74, 6) is 0.00840. The largest absolute Gasteiger partial charge is 0.413 e. The molecule has 0 N–H and O–H groups in total. The lowest BCUT2D eigenvalue weighted by Crippen LogP contribution is -2.45. The van der Waals surface area contributed by atoms with E-state index in [0.29, 0.717) is 0 Å². The van der Waals surface area contributed by atoms with Gasteiger partial charge in [0.15, 0.2) is 8.32 Å². The van der Waals surface area contributed by atoms with Gasteiger partial charge in [-0.05, 0) is 24.6 Å². The Labute approximate surface area is 102 Å². The molecule has 2 unspecified atom stereocenters. The van der Waals surface area contributed by atoms with Crippen molar-refractivity contribution >= 4 is 14.6 Å². The van der Waals surface area contributed by atoms with Gasteiger partial charge in [0.05, 0.1) is 6.10 Å². The van der Waals surface area contributed by atoms with E-state index in [1.165, 1.54) is 0 Å². The molecule has 0 aliphatic carbocycles. The van der Waals surface area contributed by atoms with Crippen LogP contribution in [0, 0.1) is 5.92 Å². The molecule has 0 aromatic heterocycles. The highest BCUT2D eigenvalue weighted by atomic mass is 28.4. The highest BCUT2D eigenvalue weighted by molar-refractivity contribution is 6.74. The molecule has 0 aromatic rings. The SMILES string of the molecule is CCCC(O[Si](C)(C)C(C)(C)C)C(C)C=O. The summed E-state index contributed by atoms with van der Waals surface area (Å²) in [4.78, 5) is 10.9. The van der Waals surface area contributed by atoms with Gasteiger partial charge in [-0.3, -0.25) is 0 Å². The van der Waals surface area contributed by atoms with Crippen LogP contribution in [0.15, 0.2) is 0 Å². The van der Waals surface area contributed by atoms with Crippen molar-refractivity contribution in [3.63, 3.8) is 0 Å². The third-order valence-corrected chi connectivity index (χ3v) is 8.13. The van der Waals surface area contributed by atoms with Gasteiger partial charge < -0.3 is 9.22 Å².